The Bertz CT molecular complexity index is 947. The number of aromatic nitrogens is 2. The van der Waals surface area contributed by atoms with Crippen LogP contribution in [0.4, 0.5) is 0 Å². The molecule has 0 saturated carbocycles. The van der Waals surface area contributed by atoms with E-state index in [0.29, 0.717) is 36.8 Å². The minimum absolute atomic E-state index is 0.00604. The first-order chi connectivity index (χ1) is 13.7. The number of carbonyl (C=O) groups excluding carboxylic acids is 2. The maximum Gasteiger partial charge on any atom is 0.233 e. The normalized spacial score (nSPS) is 13.9. The average Bonchev–Trinajstić information content (AvgIpc) is 3.14. The number of nitrogens with zero attached hydrogens (tertiary/aromatic N) is 3. The summed E-state index contributed by atoms with van der Waals surface area (Å²) >= 11 is 0. The Morgan fingerprint density at radius 2 is 1.64 bits per heavy atom. The molecule has 6 heteroatoms. The van der Waals surface area contributed by atoms with Crippen molar-refractivity contribution < 1.29 is 14.1 Å². The van der Waals surface area contributed by atoms with Crippen molar-refractivity contribution in [3.8, 4) is 0 Å². The first-order valence-corrected chi connectivity index (χ1v) is 9.41. The molecular formula is C22H21N3O3. The van der Waals surface area contributed by atoms with Crippen LogP contribution in [-0.2, 0) is 11.2 Å². The largest absolute Gasteiger partial charge is 0.341 e. The number of Topliss-reactive ketones (excluding diaryl/α,β-unsaturated/α-hetero) is 1. The van der Waals surface area contributed by atoms with Gasteiger partial charge in [-0.3, -0.25) is 9.59 Å². The van der Waals surface area contributed by atoms with Crippen molar-refractivity contribution in [2.24, 2.45) is 0 Å². The maximum absolute atomic E-state index is 12.3. The Morgan fingerprint density at radius 3 is 2.36 bits per heavy atom. The van der Waals surface area contributed by atoms with E-state index in [0.717, 1.165) is 5.56 Å². The number of amides is 1. The molecule has 1 aliphatic rings. The zero-order valence-corrected chi connectivity index (χ0v) is 15.5. The van der Waals surface area contributed by atoms with E-state index in [1.165, 1.54) is 0 Å². The number of carbonyl (C=O) groups is 2. The molecule has 28 heavy (non-hydrogen) atoms. The number of likely N-dealkylation sites (tertiary alicyclic amines) is 1. The van der Waals surface area contributed by atoms with Gasteiger partial charge < -0.3 is 9.42 Å². The fourth-order valence-electron chi connectivity index (χ4n) is 3.27. The Hall–Kier alpha value is -3.28. The van der Waals surface area contributed by atoms with Gasteiger partial charge in [-0.05, 0) is 5.56 Å². The van der Waals surface area contributed by atoms with Crippen LogP contribution in [0.5, 0.6) is 0 Å². The maximum atomic E-state index is 12.3. The SMILES string of the molecule is O=C(CCC(=O)N1CC(c2nc(Cc3ccccc3)no2)C1)c1ccccc1. The molecule has 6 nitrogen and oxygen atoms in total. The molecule has 2 aromatic carbocycles. The molecule has 1 saturated heterocycles. The van der Waals surface area contributed by atoms with Crippen molar-refractivity contribution in [1.29, 1.82) is 0 Å². The first kappa shape index (κ1) is 18.1. The summed E-state index contributed by atoms with van der Waals surface area (Å²) in [5.74, 6) is 1.29. The molecule has 1 aromatic heterocycles. The fourth-order valence-corrected chi connectivity index (χ4v) is 3.27. The summed E-state index contributed by atoms with van der Waals surface area (Å²) < 4.78 is 5.37. The van der Waals surface area contributed by atoms with Gasteiger partial charge in [0.15, 0.2) is 11.6 Å². The Morgan fingerprint density at radius 1 is 0.964 bits per heavy atom. The third-order valence-corrected chi connectivity index (χ3v) is 4.93. The van der Waals surface area contributed by atoms with Gasteiger partial charge in [0.05, 0.1) is 5.92 Å². The van der Waals surface area contributed by atoms with Crippen LogP contribution in [0.2, 0.25) is 0 Å². The molecule has 0 radical (unpaired) electrons. The lowest BCUT2D eigenvalue weighted by molar-refractivity contribution is -0.135. The van der Waals surface area contributed by atoms with E-state index in [-0.39, 0.29) is 30.4 Å². The zero-order chi connectivity index (χ0) is 19.3. The molecule has 142 valence electrons. The van der Waals surface area contributed by atoms with Gasteiger partial charge >= 0.3 is 0 Å². The smallest absolute Gasteiger partial charge is 0.233 e. The number of ketones is 1. The van der Waals surface area contributed by atoms with E-state index in [2.05, 4.69) is 10.1 Å². The van der Waals surface area contributed by atoms with Crippen LogP contribution >= 0.6 is 0 Å². The van der Waals surface area contributed by atoms with Crippen LogP contribution in [0.25, 0.3) is 0 Å². The molecule has 4 rings (SSSR count). The minimum Gasteiger partial charge on any atom is -0.341 e. The summed E-state index contributed by atoms with van der Waals surface area (Å²) in [5.41, 5.74) is 1.77. The summed E-state index contributed by atoms with van der Waals surface area (Å²) in [5, 5.41) is 4.04. The predicted molar refractivity (Wildman–Crippen MR) is 103 cm³/mol. The number of hydrogen-bond acceptors (Lipinski definition) is 5. The zero-order valence-electron chi connectivity index (χ0n) is 15.5. The summed E-state index contributed by atoms with van der Waals surface area (Å²) in [7, 11) is 0. The Labute approximate surface area is 163 Å². The van der Waals surface area contributed by atoms with E-state index >= 15 is 0 Å². The average molecular weight is 375 g/mol. The van der Waals surface area contributed by atoms with Gasteiger partial charge in [0, 0.05) is 37.9 Å². The molecule has 0 bridgehead atoms. The molecule has 0 spiro atoms. The Balaban J connectivity index is 1.24. The van der Waals surface area contributed by atoms with Crippen LogP contribution in [0.1, 0.15) is 46.4 Å². The van der Waals surface area contributed by atoms with Crippen molar-refractivity contribution in [3.05, 3.63) is 83.5 Å². The highest BCUT2D eigenvalue weighted by atomic mass is 16.5. The molecule has 1 aliphatic heterocycles. The lowest BCUT2D eigenvalue weighted by atomic mass is 9.98. The minimum atomic E-state index is -0.00967. The fraction of sp³-hybridized carbons (Fsp3) is 0.273. The van der Waals surface area contributed by atoms with Crippen molar-refractivity contribution in [3.63, 3.8) is 0 Å². The van der Waals surface area contributed by atoms with E-state index in [1.807, 2.05) is 48.5 Å². The number of benzene rings is 2. The lowest BCUT2D eigenvalue weighted by Crippen LogP contribution is -2.48. The van der Waals surface area contributed by atoms with Crippen LogP contribution in [-0.4, -0.2) is 39.8 Å². The molecule has 0 atom stereocenters. The quantitative estimate of drug-likeness (QED) is 0.593. The summed E-state index contributed by atoms with van der Waals surface area (Å²) in [6.07, 6.45) is 1.08. The van der Waals surface area contributed by atoms with Crippen LogP contribution in [0.3, 0.4) is 0 Å². The van der Waals surface area contributed by atoms with Crippen molar-refractivity contribution in [2.45, 2.75) is 25.2 Å². The highest BCUT2D eigenvalue weighted by Crippen LogP contribution is 2.27. The second kappa shape index (κ2) is 8.17. The molecule has 2 heterocycles. The monoisotopic (exact) mass is 375 g/mol. The Kier molecular flexibility index (Phi) is 5.28. The molecular weight excluding hydrogens is 354 g/mol. The van der Waals surface area contributed by atoms with Crippen LogP contribution in [0.15, 0.2) is 65.2 Å². The van der Waals surface area contributed by atoms with Crippen molar-refractivity contribution in [1.82, 2.24) is 15.0 Å². The van der Waals surface area contributed by atoms with Gasteiger partial charge in [0.25, 0.3) is 0 Å². The van der Waals surface area contributed by atoms with E-state index < -0.39 is 0 Å². The summed E-state index contributed by atoms with van der Waals surface area (Å²) in [4.78, 5) is 30.6. The van der Waals surface area contributed by atoms with Crippen molar-refractivity contribution in [2.75, 3.05) is 13.1 Å². The highest BCUT2D eigenvalue weighted by molar-refractivity contribution is 5.97. The second-order valence-electron chi connectivity index (χ2n) is 7.00. The highest BCUT2D eigenvalue weighted by Gasteiger charge is 2.35. The second-order valence-corrected chi connectivity index (χ2v) is 7.00. The third kappa shape index (κ3) is 4.17. The van der Waals surface area contributed by atoms with Crippen LogP contribution < -0.4 is 0 Å². The van der Waals surface area contributed by atoms with E-state index in [1.54, 1.807) is 17.0 Å². The first-order valence-electron chi connectivity index (χ1n) is 9.41. The molecule has 1 amide bonds. The lowest BCUT2D eigenvalue weighted by Gasteiger charge is -2.37. The number of rotatable bonds is 7. The summed E-state index contributed by atoms with van der Waals surface area (Å²) in [6.45, 7) is 1.12. The van der Waals surface area contributed by atoms with Crippen molar-refractivity contribution >= 4 is 11.7 Å². The van der Waals surface area contributed by atoms with E-state index in [9.17, 15) is 9.59 Å². The molecule has 3 aromatic rings. The topological polar surface area (TPSA) is 76.3 Å². The van der Waals surface area contributed by atoms with Crippen LogP contribution in [0, 0.1) is 0 Å². The van der Waals surface area contributed by atoms with Gasteiger partial charge in [-0.2, -0.15) is 4.98 Å². The molecule has 1 fully saturated rings. The predicted octanol–water partition coefficient (Wildman–Crippen LogP) is 3.25. The van der Waals surface area contributed by atoms with Gasteiger partial charge in [-0.15, -0.1) is 0 Å². The van der Waals surface area contributed by atoms with E-state index in [4.69, 9.17) is 4.52 Å². The summed E-state index contributed by atoms with van der Waals surface area (Å²) in [6, 6.07) is 19.0. The molecule has 0 aliphatic carbocycles. The van der Waals surface area contributed by atoms with Gasteiger partial charge in [0.2, 0.25) is 11.8 Å². The molecule has 0 N–H and O–H groups in total. The standard InChI is InChI=1S/C22H21N3O3/c26-19(17-9-5-2-6-10-17)11-12-21(27)25-14-18(15-25)22-23-20(24-28-22)13-16-7-3-1-4-8-16/h1-10,18H,11-15H2. The van der Waals surface area contributed by atoms with Gasteiger partial charge in [-0.25, -0.2) is 0 Å². The van der Waals surface area contributed by atoms with Gasteiger partial charge in [-0.1, -0.05) is 65.8 Å². The number of hydrogen-bond donors (Lipinski definition) is 0. The third-order valence-electron chi connectivity index (χ3n) is 4.93. The molecule has 0 unspecified atom stereocenters. The van der Waals surface area contributed by atoms with Gasteiger partial charge in [0.1, 0.15) is 0 Å².